The second kappa shape index (κ2) is 6.91. The molecule has 0 saturated heterocycles. The molecule has 2 aromatic rings. The summed E-state index contributed by atoms with van der Waals surface area (Å²) in [6.07, 6.45) is 1.71. The number of hydrogen-bond acceptors (Lipinski definition) is 5. The molecule has 0 heterocycles. The summed E-state index contributed by atoms with van der Waals surface area (Å²) in [5.41, 5.74) is 3.37. The van der Waals surface area contributed by atoms with Crippen molar-refractivity contribution in [1.82, 2.24) is 0 Å². The average molecular weight is 314 g/mol. The minimum atomic E-state index is -0.418. The van der Waals surface area contributed by atoms with Crippen LogP contribution in [0.15, 0.2) is 35.3 Å². The van der Waals surface area contributed by atoms with Crippen molar-refractivity contribution in [3.05, 3.63) is 57.1 Å². The second-order valence-electron chi connectivity index (χ2n) is 5.05. The van der Waals surface area contributed by atoms with Crippen LogP contribution in [0.5, 0.6) is 11.5 Å². The number of rotatable bonds is 5. The molecule has 6 nitrogen and oxygen atoms in total. The molecule has 0 aliphatic rings. The summed E-state index contributed by atoms with van der Waals surface area (Å²) >= 11 is 0. The SMILES string of the molecule is COc1cc(C)c(C=Nc2ccc([N+](=O)[O-])cc2C)cc1OC. The van der Waals surface area contributed by atoms with E-state index < -0.39 is 4.92 Å². The van der Waals surface area contributed by atoms with Crippen LogP contribution in [0.3, 0.4) is 0 Å². The minimum absolute atomic E-state index is 0.0590. The van der Waals surface area contributed by atoms with Crippen molar-refractivity contribution in [2.24, 2.45) is 4.99 Å². The maximum absolute atomic E-state index is 10.8. The predicted octanol–water partition coefficient (Wildman–Crippen LogP) is 3.98. The maximum atomic E-state index is 10.8. The summed E-state index contributed by atoms with van der Waals surface area (Å²) in [6, 6.07) is 8.32. The van der Waals surface area contributed by atoms with Crippen molar-refractivity contribution in [1.29, 1.82) is 0 Å². The Balaban J connectivity index is 2.35. The monoisotopic (exact) mass is 314 g/mol. The van der Waals surface area contributed by atoms with Gasteiger partial charge >= 0.3 is 0 Å². The lowest BCUT2D eigenvalue weighted by Gasteiger charge is -2.10. The van der Waals surface area contributed by atoms with Gasteiger partial charge in [0, 0.05) is 18.3 Å². The third-order valence-electron chi connectivity index (χ3n) is 3.51. The number of non-ortho nitro benzene ring substituents is 1. The van der Waals surface area contributed by atoms with Gasteiger partial charge in [0.1, 0.15) is 0 Å². The van der Waals surface area contributed by atoms with Crippen LogP contribution in [0.1, 0.15) is 16.7 Å². The highest BCUT2D eigenvalue weighted by atomic mass is 16.6. The van der Waals surface area contributed by atoms with Gasteiger partial charge in [-0.2, -0.15) is 0 Å². The highest BCUT2D eigenvalue weighted by Gasteiger charge is 2.09. The van der Waals surface area contributed by atoms with Crippen molar-refractivity contribution in [2.75, 3.05) is 14.2 Å². The Kier molecular flexibility index (Phi) is 4.95. The van der Waals surface area contributed by atoms with Crippen molar-refractivity contribution < 1.29 is 14.4 Å². The molecular weight excluding hydrogens is 296 g/mol. The number of nitrogens with zero attached hydrogens (tertiary/aromatic N) is 2. The van der Waals surface area contributed by atoms with Crippen LogP contribution >= 0.6 is 0 Å². The predicted molar refractivity (Wildman–Crippen MR) is 89.4 cm³/mol. The number of hydrogen-bond donors (Lipinski definition) is 0. The molecule has 0 spiro atoms. The van der Waals surface area contributed by atoms with Gasteiger partial charge in [-0.3, -0.25) is 15.1 Å². The van der Waals surface area contributed by atoms with Gasteiger partial charge in [0.05, 0.1) is 24.8 Å². The number of aryl methyl sites for hydroxylation is 2. The largest absolute Gasteiger partial charge is 0.493 e. The molecule has 0 amide bonds. The lowest BCUT2D eigenvalue weighted by atomic mass is 10.1. The standard InChI is InChI=1S/C17H18N2O4/c1-11-8-16(22-3)17(23-4)9-13(11)10-18-15-6-5-14(19(20)21)7-12(15)2/h5-10H,1-4H3. The zero-order chi connectivity index (χ0) is 17.0. The summed E-state index contributed by atoms with van der Waals surface area (Å²) in [7, 11) is 3.17. The van der Waals surface area contributed by atoms with Crippen LogP contribution < -0.4 is 9.47 Å². The molecule has 0 aliphatic carbocycles. The Bertz CT molecular complexity index is 769. The fraction of sp³-hybridized carbons (Fsp3) is 0.235. The van der Waals surface area contributed by atoms with E-state index in [1.54, 1.807) is 33.4 Å². The van der Waals surface area contributed by atoms with Gasteiger partial charge in [0.15, 0.2) is 11.5 Å². The van der Waals surface area contributed by atoms with Crippen molar-refractivity contribution >= 4 is 17.6 Å². The molecule has 23 heavy (non-hydrogen) atoms. The Morgan fingerprint density at radius 2 is 1.70 bits per heavy atom. The minimum Gasteiger partial charge on any atom is -0.493 e. The second-order valence-corrected chi connectivity index (χ2v) is 5.05. The van der Waals surface area contributed by atoms with Crippen molar-refractivity contribution in [3.63, 3.8) is 0 Å². The first kappa shape index (κ1) is 16.5. The summed E-state index contributed by atoms with van der Waals surface area (Å²) < 4.78 is 10.5. The molecule has 2 aromatic carbocycles. The van der Waals surface area contributed by atoms with E-state index in [0.29, 0.717) is 17.2 Å². The zero-order valence-electron chi connectivity index (χ0n) is 13.5. The van der Waals surface area contributed by atoms with Crippen LogP contribution in [0, 0.1) is 24.0 Å². The molecule has 0 fully saturated rings. The molecule has 0 radical (unpaired) electrons. The van der Waals surface area contributed by atoms with E-state index in [2.05, 4.69) is 4.99 Å². The van der Waals surface area contributed by atoms with Crippen LogP contribution in [-0.2, 0) is 0 Å². The quantitative estimate of drug-likeness (QED) is 0.475. The fourth-order valence-corrected chi connectivity index (χ4v) is 2.17. The van der Waals surface area contributed by atoms with Crippen LogP contribution in [0.2, 0.25) is 0 Å². The van der Waals surface area contributed by atoms with E-state index in [9.17, 15) is 10.1 Å². The highest BCUT2D eigenvalue weighted by molar-refractivity contribution is 5.85. The van der Waals surface area contributed by atoms with E-state index in [4.69, 9.17) is 9.47 Å². The van der Waals surface area contributed by atoms with E-state index in [1.807, 2.05) is 19.1 Å². The summed E-state index contributed by atoms with van der Waals surface area (Å²) in [6.45, 7) is 3.74. The first-order valence-corrected chi connectivity index (χ1v) is 6.98. The average Bonchev–Trinajstić information content (AvgIpc) is 2.54. The molecule has 0 unspecified atom stereocenters. The van der Waals surface area contributed by atoms with Gasteiger partial charge in [-0.25, -0.2) is 0 Å². The molecule has 2 rings (SSSR count). The number of ether oxygens (including phenoxy) is 2. The van der Waals surface area contributed by atoms with Crippen LogP contribution in [0.25, 0.3) is 0 Å². The van der Waals surface area contributed by atoms with Gasteiger partial charge in [-0.15, -0.1) is 0 Å². The molecular formula is C17H18N2O4. The number of nitro groups is 1. The summed E-state index contributed by atoms with van der Waals surface area (Å²) in [5, 5.41) is 10.8. The Hall–Kier alpha value is -2.89. The van der Waals surface area contributed by atoms with Gasteiger partial charge in [0.25, 0.3) is 5.69 Å². The van der Waals surface area contributed by atoms with E-state index in [1.165, 1.54) is 12.1 Å². The Morgan fingerprint density at radius 3 is 2.26 bits per heavy atom. The fourth-order valence-electron chi connectivity index (χ4n) is 2.17. The molecule has 6 heteroatoms. The van der Waals surface area contributed by atoms with E-state index in [-0.39, 0.29) is 5.69 Å². The zero-order valence-corrected chi connectivity index (χ0v) is 13.5. The highest BCUT2D eigenvalue weighted by Crippen LogP contribution is 2.30. The third kappa shape index (κ3) is 3.66. The lowest BCUT2D eigenvalue weighted by Crippen LogP contribution is -1.95. The first-order chi connectivity index (χ1) is 11.0. The molecule has 0 N–H and O–H groups in total. The lowest BCUT2D eigenvalue weighted by molar-refractivity contribution is -0.384. The van der Waals surface area contributed by atoms with E-state index in [0.717, 1.165) is 16.7 Å². The topological polar surface area (TPSA) is 74.0 Å². The third-order valence-corrected chi connectivity index (χ3v) is 3.51. The molecule has 0 atom stereocenters. The molecule has 0 aliphatic heterocycles. The number of methoxy groups -OCH3 is 2. The molecule has 0 bridgehead atoms. The Labute approximate surface area is 134 Å². The number of aliphatic imine (C=N–C) groups is 1. The van der Waals surface area contributed by atoms with Gasteiger partial charge in [-0.05, 0) is 48.7 Å². The maximum Gasteiger partial charge on any atom is 0.269 e. The molecule has 0 saturated carbocycles. The smallest absolute Gasteiger partial charge is 0.269 e. The normalized spacial score (nSPS) is 10.8. The van der Waals surface area contributed by atoms with E-state index >= 15 is 0 Å². The molecule has 0 aromatic heterocycles. The molecule has 120 valence electrons. The number of benzene rings is 2. The number of nitro benzene ring substituents is 1. The van der Waals surface area contributed by atoms with Crippen molar-refractivity contribution in [2.45, 2.75) is 13.8 Å². The van der Waals surface area contributed by atoms with Gasteiger partial charge < -0.3 is 9.47 Å². The van der Waals surface area contributed by atoms with Crippen LogP contribution in [0.4, 0.5) is 11.4 Å². The Morgan fingerprint density at radius 1 is 1.04 bits per heavy atom. The summed E-state index contributed by atoms with van der Waals surface area (Å²) in [4.78, 5) is 14.8. The van der Waals surface area contributed by atoms with Crippen LogP contribution in [-0.4, -0.2) is 25.4 Å². The van der Waals surface area contributed by atoms with Crippen molar-refractivity contribution in [3.8, 4) is 11.5 Å². The van der Waals surface area contributed by atoms with Gasteiger partial charge in [0.2, 0.25) is 0 Å². The summed E-state index contributed by atoms with van der Waals surface area (Å²) in [5.74, 6) is 1.29. The first-order valence-electron chi connectivity index (χ1n) is 6.98. The van der Waals surface area contributed by atoms with Gasteiger partial charge in [-0.1, -0.05) is 0 Å².